The Morgan fingerprint density at radius 2 is 2.00 bits per heavy atom. The van der Waals surface area contributed by atoms with Crippen molar-refractivity contribution in [2.75, 3.05) is 13.1 Å². The third-order valence-electron chi connectivity index (χ3n) is 2.33. The summed E-state index contributed by atoms with van der Waals surface area (Å²) in [6, 6.07) is -0.516. The second-order valence-corrected chi connectivity index (χ2v) is 3.39. The first kappa shape index (κ1) is 10.4. The van der Waals surface area contributed by atoms with Gasteiger partial charge < -0.3 is 20.8 Å². The topological polar surface area (TPSA) is 86.8 Å². The van der Waals surface area contributed by atoms with Crippen LogP contribution in [-0.4, -0.2) is 52.4 Å². The second kappa shape index (κ2) is 4.04. The summed E-state index contributed by atoms with van der Waals surface area (Å²) in [5, 5.41) is 18.4. The maximum atomic E-state index is 11.4. The molecule has 4 N–H and O–H groups in total. The normalized spacial score (nSPS) is 30.6. The number of aliphatic hydroxyl groups excluding tert-OH is 2. The van der Waals surface area contributed by atoms with Gasteiger partial charge in [0.2, 0.25) is 5.91 Å². The predicted octanol–water partition coefficient (Wildman–Crippen LogP) is -1.71. The molecule has 0 saturated carbocycles. The molecule has 1 heterocycles. The standard InChI is InChI=1S/C8H16N2O3/c1-2-5(9)8(13)10-3-6(11)7(12)4-10/h5-7,11-12H,2-4,9H2,1H3. The van der Waals surface area contributed by atoms with Crippen LogP contribution in [0.3, 0.4) is 0 Å². The first-order valence-electron chi connectivity index (χ1n) is 4.46. The number of hydrogen-bond acceptors (Lipinski definition) is 4. The van der Waals surface area contributed by atoms with Gasteiger partial charge in [0.15, 0.2) is 0 Å². The fourth-order valence-electron chi connectivity index (χ4n) is 1.36. The highest BCUT2D eigenvalue weighted by atomic mass is 16.3. The molecule has 76 valence electrons. The molecule has 3 unspecified atom stereocenters. The van der Waals surface area contributed by atoms with E-state index in [-0.39, 0.29) is 19.0 Å². The molecule has 1 aliphatic rings. The van der Waals surface area contributed by atoms with Crippen LogP contribution < -0.4 is 5.73 Å². The van der Waals surface area contributed by atoms with E-state index in [1.54, 1.807) is 0 Å². The summed E-state index contributed by atoms with van der Waals surface area (Å²) in [6.45, 7) is 2.20. The van der Waals surface area contributed by atoms with Crippen LogP contribution in [0.15, 0.2) is 0 Å². The molecule has 0 radical (unpaired) electrons. The number of rotatable bonds is 2. The molecular formula is C8H16N2O3. The maximum Gasteiger partial charge on any atom is 0.239 e. The molecule has 3 atom stereocenters. The number of likely N-dealkylation sites (tertiary alicyclic amines) is 1. The van der Waals surface area contributed by atoms with Crippen LogP contribution in [0.2, 0.25) is 0 Å². The molecule has 5 nitrogen and oxygen atoms in total. The van der Waals surface area contributed by atoms with Crippen molar-refractivity contribution in [3.05, 3.63) is 0 Å². The fourth-order valence-corrected chi connectivity index (χ4v) is 1.36. The number of carbonyl (C=O) groups excluding carboxylic acids is 1. The first-order valence-corrected chi connectivity index (χ1v) is 4.46. The number of nitrogens with zero attached hydrogens (tertiary/aromatic N) is 1. The van der Waals surface area contributed by atoms with Gasteiger partial charge in [0.1, 0.15) is 0 Å². The Morgan fingerprint density at radius 1 is 1.54 bits per heavy atom. The number of hydrogen-bond donors (Lipinski definition) is 3. The van der Waals surface area contributed by atoms with Crippen LogP contribution >= 0.6 is 0 Å². The lowest BCUT2D eigenvalue weighted by Crippen LogP contribution is -2.42. The number of amides is 1. The molecule has 0 aromatic carbocycles. The monoisotopic (exact) mass is 188 g/mol. The van der Waals surface area contributed by atoms with Crippen molar-refractivity contribution in [1.82, 2.24) is 4.90 Å². The van der Waals surface area contributed by atoms with E-state index in [2.05, 4.69) is 0 Å². The highest BCUT2D eigenvalue weighted by molar-refractivity contribution is 5.81. The zero-order chi connectivity index (χ0) is 10.0. The fraction of sp³-hybridized carbons (Fsp3) is 0.875. The van der Waals surface area contributed by atoms with Gasteiger partial charge in [0.25, 0.3) is 0 Å². The minimum Gasteiger partial charge on any atom is -0.388 e. The van der Waals surface area contributed by atoms with Gasteiger partial charge in [-0.3, -0.25) is 4.79 Å². The van der Waals surface area contributed by atoms with Gasteiger partial charge in [0.05, 0.1) is 18.2 Å². The molecule has 13 heavy (non-hydrogen) atoms. The van der Waals surface area contributed by atoms with Crippen molar-refractivity contribution in [2.45, 2.75) is 31.6 Å². The van der Waals surface area contributed by atoms with Gasteiger partial charge in [-0.15, -0.1) is 0 Å². The van der Waals surface area contributed by atoms with E-state index in [0.717, 1.165) is 0 Å². The van der Waals surface area contributed by atoms with E-state index in [4.69, 9.17) is 5.73 Å². The molecule has 0 aliphatic carbocycles. The summed E-state index contributed by atoms with van der Waals surface area (Å²) >= 11 is 0. The summed E-state index contributed by atoms with van der Waals surface area (Å²) in [6.07, 6.45) is -1.08. The summed E-state index contributed by atoms with van der Waals surface area (Å²) < 4.78 is 0. The lowest BCUT2D eigenvalue weighted by molar-refractivity contribution is -0.132. The molecule has 1 rings (SSSR count). The van der Waals surface area contributed by atoms with Crippen molar-refractivity contribution < 1.29 is 15.0 Å². The first-order chi connectivity index (χ1) is 6.06. The van der Waals surface area contributed by atoms with Crippen molar-refractivity contribution >= 4 is 5.91 Å². The molecule has 0 aromatic rings. The maximum absolute atomic E-state index is 11.4. The van der Waals surface area contributed by atoms with Crippen molar-refractivity contribution in [1.29, 1.82) is 0 Å². The van der Waals surface area contributed by atoms with Gasteiger partial charge in [0, 0.05) is 13.1 Å². The quantitative estimate of drug-likeness (QED) is 0.481. The Kier molecular flexibility index (Phi) is 3.24. The summed E-state index contributed by atoms with van der Waals surface area (Å²) in [5.41, 5.74) is 5.53. The summed E-state index contributed by atoms with van der Waals surface area (Å²) in [5.74, 6) is -0.196. The van der Waals surface area contributed by atoms with E-state index >= 15 is 0 Å². The van der Waals surface area contributed by atoms with E-state index in [0.29, 0.717) is 6.42 Å². The number of β-amino-alcohol motifs (C(OH)–C–C–N with tert-alkyl or cyclic N) is 2. The number of nitrogens with two attached hydrogens (primary N) is 1. The largest absolute Gasteiger partial charge is 0.388 e. The Morgan fingerprint density at radius 3 is 2.38 bits per heavy atom. The van der Waals surface area contributed by atoms with Crippen LogP contribution in [0.25, 0.3) is 0 Å². The smallest absolute Gasteiger partial charge is 0.239 e. The zero-order valence-corrected chi connectivity index (χ0v) is 7.68. The predicted molar refractivity (Wildman–Crippen MR) is 46.9 cm³/mol. The zero-order valence-electron chi connectivity index (χ0n) is 7.68. The van der Waals surface area contributed by atoms with Crippen LogP contribution in [0.4, 0.5) is 0 Å². The van der Waals surface area contributed by atoms with Gasteiger partial charge in [-0.1, -0.05) is 6.92 Å². The molecule has 1 amide bonds. The molecule has 1 saturated heterocycles. The highest BCUT2D eigenvalue weighted by Gasteiger charge is 2.33. The van der Waals surface area contributed by atoms with Gasteiger partial charge in [-0.05, 0) is 6.42 Å². The average Bonchev–Trinajstić information content (AvgIpc) is 2.44. The van der Waals surface area contributed by atoms with Crippen LogP contribution in [0.5, 0.6) is 0 Å². The van der Waals surface area contributed by atoms with Gasteiger partial charge >= 0.3 is 0 Å². The van der Waals surface area contributed by atoms with Crippen LogP contribution in [-0.2, 0) is 4.79 Å². The van der Waals surface area contributed by atoms with E-state index in [1.807, 2.05) is 6.92 Å². The van der Waals surface area contributed by atoms with Crippen molar-refractivity contribution in [3.8, 4) is 0 Å². The molecule has 0 spiro atoms. The minimum atomic E-state index is -0.826. The third-order valence-corrected chi connectivity index (χ3v) is 2.33. The Labute approximate surface area is 77.1 Å². The van der Waals surface area contributed by atoms with Crippen molar-refractivity contribution in [3.63, 3.8) is 0 Å². The SMILES string of the molecule is CCC(N)C(=O)N1CC(O)C(O)C1. The van der Waals surface area contributed by atoms with Crippen LogP contribution in [0.1, 0.15) is 13.3 Å². The molecule has 1 fully saturated rings. The second-order valence-electron chi connectivity index (χ2n) is 3.39. The lowest BCUT2D eigenvalue weighted by atomic mass is 10.2. The summed E-state index contributed by atoms with van der Waals surface area (Å²) in [4.78, 5) is 12.9. The molecule has 0 bridgehead atoms. The van der Waals surface area contributed by atoms with Gasteiger partial charge in [-0.25, -0.2) is 0 Å². The average molecular weight is 188 g/mol. The molecular weight excluding hydrogens is 172 g/mol. The molecule has 1 aliphatic heterocycles. The minimum absolute atomic E-state index is 0.188. The number of carbonyl (C=O) groups is 1. The summed E-state index contributed by atoms with van der Waals surface area (Å²) in [7, 11) is 0. The lowest BCUT2D eigenvalue weighted by Gasteiger charge is -2.18. The highest BCUT2D eigenvalue weighted by Crippen LogP contribution is 2.11. The third kappa shape index (κ3) is 2.18. The van der Waals surface area contributed by atoms with Crippen LogP contribution in [0, 0.1) is 0 Å². The molecule has 0 aromatic heterocycles. The number of aliphatic hydroxyl groups is 2. The van der Waals surface area contributed by atoms with E-state index in [9.17, 15) is 15.0 Å². The Balaban J connectivity index is 2.50. The van der Waals surface area contributed by atoms with E-state index < -0.39 is 18.2 Å². The Hall–Kier alpha value is -0.650. The molecule has 5 heteroatoms. The van der Waals surface area contributed by atoms with Gasteiger partial charge in [-0.2, -0.15) is 0 Å². The van der Waals surface area contributed by atoms with Crippen molar-refractivity contribution in [2.24, 2.45) is 5.73 Å². The Bertz CT molecular complexity index is 188. The van der Waals surface area contributed by atoms with E-state index in [1.165, 1.54) is 4.90 Å².